The number of carbonyl (C=O) groups excluding carboxylic acids is 1. The molecule has 114 valence electrons. The van der Waals surface area contributed by atoms with Crippen LogP contribution in [0.5, 0.6) is 0 Å². The Labute approximate surface area is 119 Å². The maximum atomic E-state index is 12.7. The number of carbonyl (C=O) groups is 1. The van der Waals surface area contributed by atoms with Crippen molar-refractivity contribution in [2.24, 2.45) is 5.92 Å². The van der Waals surface area contributed by atoms with Crippen molar-refractivity contribution in [3.8, 4) is 0 Å². The van der Waals surface area contributed by atoms with Crippen LogP contribution in [-0.4, -0.2) is 69.1 Å². The van der Waals surface area contributed by atoms with Gasteiger partial charge >= 0.3 is 0 Å². The van der Waals surface area contributed by atoms with Crippen LogP contribution in [0.2, 0.25) is 0 Å². The van der Waals surface area contributed by atoms with Gasteiger partial charge in [-0.1, -0.05) is 0 Å². The predicted octanol–water partition coefficient (Wildman–Crippen LogP) is -0.598. The molecule has 3 aliphatic rings. The average Bonchev–Trinajstić information content (AvgIpc) is 2.72. The normalized spacial score (nSPS) is 32.4. The van der Waals surface area contributed by atoms with Crippen LogP contribution in [0.25, 0.3) is 0 Å². The van der Waals surface area contributed by atoms with Gasteiger partial charge in [-0.05, 0) is 32.4 Å². The van der Waals surface area contributed by atoms with Crippen LogP contribution in [0, 0.1) is 5.92 Å². The quantitative estimate of drug-likeness (QED) is 0.700. The van der Waals surface area contributed by atoms with Gasteiger partial charge in [-0.25, -0.2) is 8.42 Å². The molecule has 1 N–H and O–H groups in total. The Kier molecular flexibility index (Phi) is 3.77. The van der Waals surface area contributed by atoms with E-state index >= 15 is 0 Å². The number of piperidine rings is 1. The summed E-state index contributed by atoms with van der Waals surface area (Å²) in [4.78, 5) is 14.5. The first kappa shape index (κ1) is 14.3. The first-order chi connectivity index (χ1) is 9.57. The number of nitrogens with zero attached hydrogens (tertiary/aromatic N) is 1. The van der Waals surface area contributed by atoms with E-state index in [1.165, 1.54) is 0 Å². The maximum absolute atomic E-state index is 12.7. The third-order valence-corrected chi connectivity index (χ3v) is 7.71. The lowest BCUT2D eigenvalue weighted by molar-refractivity contribution is -0.141. The van der Waals surface area contributed by atoms with E-state index in [0.29, 0.717) is 58.7 Å². The van der Waals surface area contributed by atoms with Crippen molar-refractivity contribution in [2.75, 3.05) is 45.1 Å². The lowest BCUT2D eigenvalue weighted by Gasteiger charge is -2.39. The van der Waals surface area contributed by atoms with E-state index in [4.69, 9.17) is 4.74 Å². The third kappa shape index (κ3) is 2.16. The number of ether oxygens (including phenoxy) is 1. The second kappa shape index (κ2) is 5.27. The monoisotopic (exact) mass is 302 g/mol. The summed E-state index contributed by atoms with van der Waals surface area (Å²) >= 11 is 0. The van der Waals surface area contributed by atoms with Crippen LogP contribution >= 0.6 is 0 Å². The van der Waals surface area contributed by atoms with E-state index in [1.54, 1.807) is 4.90 Å². The topological polar surface area (TPSA) is 75.7 Å². The van der Waals surface area contributed by atoms with Gasteiger partial charge in [0, 0.05) is 13.1 Å². The number of sulfone groups is 1. The molecule has 3 fully saturated rings. The molecular weight excluding hydrogens is 280 g/mol. The molecule has 0 saturated carbocycles. The van der Waals surface area contributed by atoms with Crippen molar-refractivity contribution in [1.82, 2.24) is 10.2 Å². The molecule has 3 rings (SSSR count). The standard InChI is InChI=1S/C13H22N2O4S/c16-12(15-6-8-19-9-7-15)11-1-10-20(17,18)13(11)2-4-14-5-3-13/h11,14H,1-10H2. The van der Waals surface area contributed by atoms with Crippen LogP contribution in [0.15, 0.2) is 0 Å². The fourth-order valence-electron chi connectivity index (χ4n) is 3.82. The zero-order valence-corrected chi connectivity index (χ0v) is 12.5. The smallest absolute Gasteiger partial charge is 0.227 e. The van der Waals surface area contributed by atoms with Crippen molar-refractivity contribution >= 4 is 15.7 Å². The highest BCUT2D eigenvalue weighted by Gasteiger charge is 2.58. The maximum Gasteiger partial charge on any atom is 0.227 e. The molecule has 7 heteroatoms. The van der Waals surface area contributed by atoms with E-state index in [2.05, 4.69) is 5.32 Å². The Morgan fingerprint density at radius 3 is 2.50 bits per heavy atom. The van der Waals surface area contributed by atoms with Crippen molar-refractivity contribution < 1.29 is 17.9 Å². The molecule has 20 heavy (non-hydrogen) atoms. The Balaban J connectivity index is 1.86. The molecule has 1 atom stereocenters. The minimum absolute atomic E-state index is 0.0243. The summed E-state index contributed by atoms with van der Waals surface area (Å²) < 4.78 is 29.5. The van der Waals surface area contributed by atoms with Gasteiger partial charge in [0.2, 0.25) is 5.91 Å². The minimum Gasteiger partial charge on any atom is -0.378 e. The SMILES string of the molecule is O=C(C1CCS(=O)(=O)C12CCNCC2)N1CCOCC1. The molecule has 6 nitrogen and oxygen atoms in total. The van der Waals surface area contributed by atoms with Crippen LogP contribution < -0.4 is 5.32 Å². The Morgan fingerprint density at radius 2 is 1.85 bits per heavy atom. The molecule has 3 saturated heterocycles. The molecule has 1 amide bonds. The molecule has 0 aromatic carbocycles. The number of morpholine rings is 1. The summed E-state index contributed by atoms with van der Waals surface area (Å²) in [5.74, 6) is -0.169. The van der Waals surface area contributed by atoms with Crippen LogP contribution in [0.3, 0.4) is 0 Å². The van der Waals surface area contributed by atoms with Crippen LogP contribution in [-0.2, 0) is 19.4 Å². The number of hydrogen-bond donors (Lipinski definition) is 1. The highest BCUT2D eigenvalue weighted by Crippen LogP contribution is 2.45. The molecule has 3 aliphatic heterocycles. The Bertz CT molecular complexity index is 479. The van der Waals surface area contributed by atoms with E-state index < -0.39 is 14.6 Å². The second-order valence-electron chi connectivity index (χ2n) is 5.91. The predicted molar refractivity (Wildman–Crippen MR) is 74.1 cm³/mol. The van der Waals surface area contributed by atoms with Gasteiger partial charge in [-0.15, -0.1) is 0 Å². The fraction of sp³-hybridized carbons (Fsp3) is 0.923. The Hall–Kier alpha value is -0.660. The summed E-state index contributed by atoms with van der Waals surface area (Å²) in [7, 11) is -3.16. The minimum atomic E-state index is -3.16. The van der Waals surface area contributed by atoms with E-state index in [9.17, 15) is 13.2 Å². The first-order valence-corrected chi connectivity index (χ1v) is 9.02. The van der Waals surface area contributed by atoms with E-state index in [1.807, 2.05) is 0 Å². The van der Waals surface area contributed by atoms with Gasteiger partial charge in [0.25, 0.3) is 0 Å². The van der Waals surface area contributed by atoms with Gasteiger partial charge in [-0.2, -0.15) is 0 Å². The first-order valence-electron chi connectivity index (χ1n) is 7.36. The molecule has 0 radical (unpaired) electrons. The highest BCUT2D eigenvalue weighted by molar-refractivity contribution is 7.93. The number of amides is 1. The molecule has 0 aromatic rings. The molecule has 0 aromatic heterocycles. The van der Waals surface area contributed by atoms with Gasteiger partial charge < -0.3 is 15.0 Å². The van der Waals surface area contributed by atoms with Crippen LogP contribution in [0.1, 0.15) is 19.3 Å². The molecule has 0 aliphatic carbocycles. The van der Waals surface area contributed by atoms with Gasteiger partial charge in [0.1, 0.15) is 0 Å². The Morgan fingerprint density at radius 1 is 1.20 bits per heavy atom. The lowest BCUT2D eigenvalue weighted by atomic mass is 9.81. The summed E-state index contributed by atoms with van der Waals surface area (Å²) in [6, 6.07) is 0. The van der Waals surface area contributed by atoms with Gasteiger partial charge in [-0.3, -0.25) is 4.79 Å². The summed E-state index contributed by atoms with van der Waals surface area (Å²) in [6.45, 7) is 3.66. The van der Waals surface area contributed by atoms with E-state index in [-0.39, 0.29) is 17.6 Å². The lowest BCUT2D eigenvalue weighted by Crippen LogP contribution is -2.55. The molecular formula is C13H22N2O4S. The molecule has 3 heterocycles. The van der Waals surface area contributed by atoms with Crippen molar-refractivity contribution in [2.45, 2.75) is 24.0 Å². The number of rotatable bonds is 1. The van der Waals surface area contributed by atoms with Gasteiger partial charge in [0.05, 0.1) is 29.6 Å². The average molecular weight is 302 g/mol. The van der Waals surface area contributed by atoms with E-state index in [0.717, 1.165) is 0 Å². The third-order valence-electron chi connectivity index (χ3n) is 5.00. The summed E-state index contributed by atoms with van der Waals surface area (Å²) in [6.07, 6.45) is 1.62. The van der Waals surface area contributed by atoms with Crippen molar-refractivity contribution in [1.29, 1.82) is 0 Å². The number of hydrogen-bond acceptors (Lipinski definition) is 5. The number of nitrogens with one attached hydrogen (secondary N) is 1. The molecule has 1 spiro atoms. The highest BCUT2D eigenvalue weighted by atomic mass is 32.2. The van der Waals surface area contributed by atoms with Crippen molar-refractivity contribution in [3.63, 3.8) is 0 Å². The zero-order chi connectivity index (χ0) is 14.2. The summed E-state index contributed by atoms with van der Waals surface area (Å²) in [5.41, 5.74) is 0. The largest absolute Gasteiger partial charge is 0.378 e. The molecule has 0 bridgehead atoms. The fourth-order valence-corrected chi connectivity index (χ4v) is 6.25. The molecule has 1 unspecified atom stereocenters. The van der Waals surface area contributed by atoms with Gasteiger partial charge in [0.15, 0.2) is 9.84 Å². The zero-order valence-electron chi connectivity index (χ0n) is 11.6. The van der Waals surface area contributed by atoms with Crippen LogP contribution in [0.4, 0.5) is 0 Å². The summed E-state index contributed by atoms with van der Waals surface area (Å²) in [5, 5.41) is 3.20. The second-order valence-corrected chi connectivity index (χ2v) is 8.36. The van der Waals surface area contributed by atoms with Crippen molar-refractivity contribution in [3.05, 3.63) is 0 Å².